The maximum absolute atomic E-state index is 12.3. The summed E-state index contributed by atoms with van der Waals surface area (Å²) in [6, 6.07) is 14.7. The highest BCUT2D eigenvalue weighted by atomic mass is 35.5. The normalized spacial score (nSPS) is 16.0. The lowest BCUT2D eigenvalue weighted by Gasteiger charge is -2.17. The van der Waals surface area contributed by atoms with Crippen LogP contribution in [0.3, 0.4) is 0 Å². The van der Waals surface area contributed by atoms with E-state index in [9.17, 15) is 14.4 Å². The van der Waals surface area contributed by atoms with E-state index in [-0.39, 0.29) is 25.5 Å². The van der Waals surface area contributed by atoms with Crippen molar-refractivity contribution in [3.63, 3.8) is 0 Å². The summed E-state index contributed by atoms with van der Waals surface area (Å²) in [5, 5.41) is 3.27. The van der Waals surface area contributed by atoms with Crippen LogP contribution in [0.25, 0.3) is 0 Å². The predicted molar refractivity (Wildman–Crippen MR) is 110 cm³/mol. The molecular formula is C22H23ClN2O4. The average Bonchev–Trinajstić information content (AvgIpc) is 3.09. The molecule has 0 bridgehead atoms. The van der Waals surface area contributed by atoms with Gasteiger partial charge in [-0.1, -0.05) is 48.9 Å². The number of benzene rings is 2. The number of carbonyl (C=O) groups is 3. The number of nitrogens with one attached hydrogen (secondary N) is 1. The number of nitrogens with zero attached hydrogens (tertiary/aromatic N) is 1. The summed E-state index contributed by atoms with van der Waals surface area (Å²) in [6.45, 7) is 2.26. The third-order valence-electron chi connectivity index (χ3n) is 4.86. The lowest BCUT2D eigenvalue weighted by Crippen LogP contribution is -2.28. The molecule has 0 radical (unpaired) electrons. The third kappa shape index (κ3) is 5.57. The SMILES string of the molecule is CCc1ccc(NC(=O)COC(=O)[C@H]2CC(=O)N(Cc3ccccc3Cl)C2)cc1. The van der Waals surface area contributed by atoms with Crippen molar-refractivity contribution in [3.8, 4) is 0 Å². The number of aryl methyl sites for hydroxylation is 1. The van der Waals surface area contributed by atoms with Gasteiger partial charge in [0, 0.05) is 30.2 Å². The number of halogens is 1. The number of ether oxygens (including phenoxy) is 1. The molecule has 7 heteroatoms. The molecule has 1 fully saturated rings. The van der Waals surface area contributed by atoms with Crippen LogP contribution in [-0.2, 0) is 32.1 Å². The number of anilines is 1. The van der Waals surface area contributed by atoms with Crippen LogP contribution >= 0.6 is 11.6 Å². The molecule has 0 aromatic heterocycles. The molecule has 1 heterocycles. The van der Waals surface area contributed by atoms with Crippen molar-refractivity contribution in [2.45, 2.75) is 26.3 Å². The van der Waals surface area contributed by atoms with Crippen molar-refractivity contribution in [2.75, 3.05) is 18.5 Å². The van der Waals surface area contributed by atoms with Crippen molar-refractivity contribution in [3.05, 3.63) is 64.7 Å². The van der Waals surface area contributed by atoms with Crippen molar-refractivity contribution in [1.29, 1.82) is 0 Å². The molecule has 1 aliphatic heterocycles. The van der Waals surface area contributed by atoms with Crippen molar-refractivity contribution in [2.24, 2.45) is 5.92 Å². The maximum atomic E-state index is 12.3. The summed E-state index contributed by atoms with van der Waals surface area (Å²) in [7, 11) is 0. The quantitative estimate of drug-likeness (QED) is 0.704. The highest BCUT2D eigenvalue weighted by molar-refractivity contribution is 6.31. The third-order valence-corrected chi connectivity index (χ3v) is 5.23. The Hall–Kier alpha value is -2.86. The van der Waals surface area contributed by atoms with Gasteiger partial charge in [0.25, 0.3) is 5.91 Å². The van der Waals surface area contributed by atoms with Crippen molar-refractivity contribution >= 4 is 35.1 Å². The molecule has 152 valence electrons. The van der Waals surface area contributed by atoms with E-state index >= 15 is 0 Å². The highest BCUT2D eigenvalue weighted by Crippen LogP contribution is 2.24. The molecule has 1 N–H and O–H groups in total. The molecule has 6 nitrogen and oxygen atoms in total. The van der Waals surface area contributed by atoms with Crippen LogP contribution in [0.5, 0.6) is 0 Å². The Kier molecular flexibility index (Phi) is 6.88. The first-order valence-electron chi connectivity index (χ1n) is 9.53. The minimum Gasteiger partial charge on any atom is -0.455 e. The molecule has 3 rings (SSSR count). The fourth-order valence-corrected chi connectivity index (χ4v) is 3.39. The number of amides is 2. The van der Waals surface area contributed by atoms with Gasteiger partial charge < -0.3 is 15.0 Å². The summed E-state index contributed by atoms with van der Waals surface area (Å²) in [5.74, 6) is -1.68. The van der Waals surface area contributed by atoms with Crippen LogP contribution < -0.4 is 5.32 Å². The predicted octanol–water partition coefficient (Wildman–Crippen LogP) is 3.43. The number of carbonyl (C=O) groups excluding carboxylic acids is 3. The molecule has 2 aromatic rings. The van der Waals surface area contributed by atoms with Crippen LogP contribution in [-0.4, -0.2) is 35.8 Å². The molecule has 1 saturated heterocycles. The molecular weight excluding hydrogens is 392 g/mol. The van der Waals surface area contributed by atoms with Gasteiger partial charge in [-0.05, 0) is 35.7 Å². The summed E-state index contributed by atoms with van der Waals surface area (Å²) in [5.41, 5.74) is 2.64. The minimum absolute atomic E-state index is 0.0728. The zero-order valence-electron chi connectivity index (χ0n) is 16.2. The molecule has 2 aromatic carbocycles. The molecule has 0 unspecified atom stereocenters. The lowest BCUT2D eigenvalue weighted by atomic mass is 10.1. The zero-order valence-corrected chi connectivity index (χ0v) is 16.9. The maximum Gasteiger partial charge on any atom is 0.311 e. The van der Waals surface area contributed by atoms with E-state index < -0.39 is 17.8 Å². The van der Waals surface area contributed by atoms with Gasteiger partial charge in [-0.25, -0.2) is 0 Å². The van der Waals surface area contributed by atoms with E-state index in [1.54, 1.807) is 23.1 Å². The summed E-state index contributed by atoms with van der Waals surface area (Å²) in [4.78, 5) is 38.1. The van der Waals surface area contributed by atoms with E-state index in [1.165, 1.54) is 5.56 Å². The first kappa shape index (κ1) is 20.9. The molecule has 1 aliphatic rings. The standard InChI is InChI=1S/C22H23ClN2O4/c1-2-15-7-9-18(10-8-15)24-20(26)14-29-22(28)17-11-21(27)25(13-17)12-16-5-3-4-6-19(16)23/h3-10,17H,2,11-14H2,1H3,(H,24,26)/t17-/m0/s1. The van der Waals surface area contributed by atoms with E-state index in [4.69, 9.17) is 16.3 Å². The Balaban J connectivity index is 1.47. The van der Waals surface area contributed by atoms with Gasteiger partial charge in [-0.2, -0.15) is 0 Å². The van der Waals surface area contributed by atoms with Crippen LogP contribution in [0.4, 0.5) is 5.69 Å². The zero-order chi connectivity index (χ0) is 20.8. The molecule has 1 atom stereocenters. The van der Waals surface area contributed by atoms with Gasteiger partial charge >= 0.3 is 5.97 Å². The second-order valence-corrected chi connectivity index (χ2v) is 7.38. The molecule has 0 saturated carbocycles. The fourth-order valence-electron chi connectivity index (χ4n) is 3.19. The van der Waals surface area contributed by atoms with Crippen molar-refractivity contribution < 1.29 is 19.1 Å². The molecule has 29 heavy (non-hydrogen) atoms. The van der Waals surface area contributed by atoms with Gasteiger partial charge in [0.2, 0.25) is 5.91 Å². The van der Waals surface area contributed by atoms with E-state index in [0.717, 1.165) is 12.0 Å². The number of hydrogen-bond donors (Lipinski definition) is 1. The van der Waals surface area contributed by atoms with Gasteiger partial charge in [-0.15, -0.1) is 0 Å². The van der Waals surface area contributed by atoms with Crippen molar-refractivity contribution in [1.82, 2.24) is 4.90 Å². The number of likely N-dealkylation sites (tertiary alicyclic amines) is 1. The largest absolute Gasteiger partial charge is 0.455 e. The summed E-state index contributed by atoms with van der Waals surface area (Å²) < 4.78 is 5.12. The monoisotopic (exact) mass is 414 g/mol. The topological polar surface area (TPSA) is 75.7 Å². The second kappa shape index (κ2) is 9.56. The van der Waals surface area contributed by atoms with E-state index in [1.807, 2.05) is 30.3 Å². The molecule has 0 spiro atoms. The lowest BCUT2D eigenvalue weighted by molar-refractivity contribution is -0.151. The van der Waals surface area contributed by atoms with Gasteiger partial charge in [0.15, 0.2) is 6.61 Å². The first-order chi connectivity index (χ1) is 14.0. The van der Waals surface area contributed by atoms with E-state index in [2.05, 4.69) is 12.2 Å². The van der Waals surface area contributed by atoms with Crippen LogP contribution in [0.2, 0.25) is 5.02 Å². The fraction of sp³-hybridized carbons (Fsp3) is 0.318. The van der Waals surface area contributed by atoms with Crippen LogP contribution in [0.1, 0.15) is 24.5 Å². The van der Waals surface area contributed by atoms with Crippen LogP contribution in [0, 0.1) is 5.92 Å². The second-order valence-electron chi connectivity index (χ2n) is 6.97. The molecule has 2 amide bonds. The van der Waals surface area contributed by atoms with Gasteiger partial charge in [0.05, 0.1) is 5.92 Å². The Labute approximate surface area is 174 Å². The summed E-state index contributed by atoms with van der Waals surface area (Å²) >= 11 is 6.14. The number of esters is 1. The smallest absolute Gasteiger partial charge is 0.311 e. The molecule has 0 aliphatic carbocycles. The Morgan fingerprint density at radius 2 is 1.90 bits per heavy atom. The number of hydrogen-bond acceptors (Lipinski definition) is 4. The average molecular weight is 415 g/mol. The van der Waals surface area contributed by atoms with Gasteiger partial charge in [0.1, 0.15) is 0 Å². The van der Waals surface area contributed by atoms with E-state index in [0.29, 0.717) is 17.3 Å². The highest BCUT2D eigenvalue weighted by Gasteiger charge is 2.35. The summed E-state index contributed by atoms with van der Waals surface area (Å²) in [6.07, 6.45) is 0.989. The Bertz CT molecular complexity index is 898. The first-order valence-corrected chi connectivity index (χ1v) is 9.90. The van der Waals surface area contributed by atoms with Gasteiger partial charge in [-0.3, -0.25) is 14.4 Å². The van der Waals surface area contributed by atoms with Crippen LogP contribution in [0.15, 0.2) is 48.5 Å². The Morgan fingerprint density at radius 3 is 2.59 bits per heavy atom. The Morgan fingerprint density at radius 1 is 1.17 bits per heavy atom. The minimum atomic E-state index is -0.582. The number of rotatable bonds is 7.